The molecule has 0 heterocycles. The number of fused-ring (bicyclic) bond motifs is 1. The van der Waals surface area contributed by atoms with Crippen LogP contribution in [0.3, 0.4) is 0 Å². The summed E-state index contributed by atoms with van der Waals surface area (Å²) in [4.78, 5) is 12.2. The number of hydrazone groups is 1. The molecule has 1 aromatic carbocycles. The highest BCUT2D eigenvalue weighted by molar-refractivity contribution is 6.36. The number of nitrogens with zero attached hydrogens (tertiary/aromatic N) is 1. The lowest BCUT2D eigenvalue weighted by molar-refractivity contribution is -0.123. The lowest BCUT2D eigenvalue weighted by Crippen LogP contribution is -2.22. The Kier molecular flexibility index (Phi) is 3.98. The molecule has 3 atom stereocenters. The van der Waals surface area contributed by atoms with Gasteiger partial charge in [-0.1, -0.05) is 49.0 Å². The van der Waals surface area contributed by atoms with Crippen LogP contribution < -0.4 is 5.43 Å². The Morgan fingerprint density at radius 2 is 2.24 bits per heavy atom. The topological polar surface area (TPSA) is 41.5 Å². The third-order valence-electron chi connectivity index (χ3n) is 4.95. The van der Waals surface area contributed by atoms with E-state index in [2.05, 4.69) is 17.5 Å². The fourth-order valence-corrected chi connectivity index (χ4v) is 4.15. The molecule has 21 heavy (non-hydrogen) atoms. The number of carbonyl (C=O) groups is 1. The second-order valence-electron chi connectivity index (χ2n) is 6.24. The maximum atomic E-state index is 12.2. The van der Waals surface area contributed by atoms with Gasteiger partial charge in [0.2, 0.25) is 5.91 Å². The average molecular weight is 325 g/mol. The highest BCUT2D eigenvalue weighted by atomic mass is 35.5. The largest absolute Gasteiger partial charge is 0.273 e. The van der Waals surface area contributed by atoms with E-state index >= 15 is 0 Å². The number of hydrogen-bond acceptors (Lipinski definition) is 2. The van der Waals surface area contributed by atoms with Crippen LogP contribution in [-0.4, -0.2) is 12.1 Å². The zero-order valence-corrected chi connectivity index (χ0v) is 13.4. The van der Waals surface area contributed by atoms with Gasteiger partial charge in [0.1, 0.15) is 0 Å². The van der Waals surface area contributed by atoms with Crippen molar-refractivity contribution >= 4 is 35.3 Å². The summed E-state index contributed by atoms with van der Waals surface area (Å²) in [6.45, 7) is 2.22. The normalized spacial score (nSPS) is 31.0. The highest BCUT2D eigenvalue weighted by Crippen LogP contribution is 2.66. The second-order valence-corrected chi connectivity index (χ2v) is 7.08. The molecule has 0 bridgehead atoms. The van der Waals surface area contributed by atoms with Crippen molar-refractivity contribution in [3.8, 4) is 0 Å². The van der Waals surface area contributed by atoms with Crippen LogP contribution in [0.1, 0.15) is 38.2 Å². The van der Waals surface area contributed by atoms with Crippen molar-refractivity contribution in [3.05, 3.63) is 33.8 Å². The second kappa shape index (κ2) is 5.62. The number of halogens is 2. The molecule has 0 spiro atoms. The highest BCUT2D eigenvalue weighted by Gasteiger charge is 2.64. The van der Waals surface area contributed by atoms with Crippen LogP contribution in [0.2, 0.25) is 10.0 Å². The smallest absolute Gasteiger partial charge is 0.244 e. The Morgan fingerprint density at radius 1 is 1.43 bits per heavy atom. The number of benzene rings is 1. The van der Waals surface area contributed by atoms with E-state index in [9.17, 15) is 4.79 Å². The molecule has 3 nitrogen and oxygen atoms in total. The van der Waals surface area contributed by atoms with Gasteiger partial charge < -0.3 is 0 Å². The Morgan fingerprint density at radius 3 is 2.90 bits per heavy atom. The minimum Gasteiger partial charge on any atom is -0.273 e. The Hall–Kier alpha value is -1.06. The molecule has 0 unspecified atom stereocenters. The Labute approximate surface area is 134 Å². The summed E-state index contributed by atoms with van der Waals surface area (Å²) in [7, 11) is 0. The van der Waals surface area contributed by atoms with Crippen molar-refractivity contribution in [2.45, 2.75) is 32.6 Å². The average Bonchev–Trinajstić information content (AvgIpc) is 3.07. The van der Waals surface area contributed by atoms with Gasteiger partial charge in [0, 0.05) is 16.5 Å². The molecule has 0 saturated heterocycles. The maximum Gasteiger partial charge on any atom is 0.244 e. The lowest BCUT2D eigenvalue weighted by Gasteiger charge is -2.15. The van der Waals surface area contributed by atoms with Crippen LogP contribution in [0.5, 0.6) is 0 Å². The molecule has 2 aliphatic carbocycles. The van der Waals surface area contributed by atoms with E-state index in [4.69, 9.17) is 23.2 Å². The molecule has 2 saturated carbocycles. The molecule has 2 fully saturated rings. The van der Waals surface area contributed by atoms with Crippen LogP contribution in [0.15, 0.2) is 23.3 Å². The maximum absolute atomic E-state index is 12.2. The first-order valence-corrected chi connectivity index (χ1v) is 8.06. The summed E-state index contributed by atoms with van der Waals surface area (Å²) in [5, 5.41) is 5.13. The van der Waals surface area contributed by atoms with Gasteiger partial charge in [0.05, 0.1) is 11.2 Å². The van der Waals surface area contributed by atoms with Crippen LogP contribution in [0, 0.1) is 17.3 Å². The lowest BCUT2D eigenvalue weighted by atomic mass is 9.90. The molecule has 2 aliphatic rings. The first kappa shape index (κ1) is 14.9. The van der Waals surface area contributed by atoms with E-state index in [-0.39, 0.29) is 17.2 Å². The van der Waals surface area contributed by atoms with E-state index in [1.54, 1.807) is 24.4 Å². The number of rotatable bonds is 3. The Bertz CT molecular complexity index is 602. The van der Waals surface area contributed by atoms with E-state index in [0.29, 0.717) is 16.0 Å². The van der Waals surface area contributed by atoms with Gasteiger partial charge >= 0.3 is 0 Å². The zero-order valence-electron chi connectivity index (χ0n) is 11.9. The quantitative estimate of drug-likeness (QED) is 0.654. The first-order chi connectivity index (χ1) is 10.0. The van der Waals surface area contributed by atoms with Gasteiger partial charge in [0.15, 0.2) is 0 Å². The molecule has 0 aromatic heterocycles. The van der Waals surface area contributed by atoms with Crippen molar-refractivity contribution in [1.82, 2.24) is 5.43 Å². The van der Waals surface area contributed by atoms with Crippen LogP contribution in [0.4, 0.5) is 0 Å². The van der Waals surface area contributed by atoms with Gasteiger partial charge in [-0.3, -0.25) is 4.79 Å². The number of hydrogen-bond donors (Lipinski definition) is 1. The minimum atomic E-state index is 0.0331. The van der Waals surface area contributed by atoms with Gasteiger partial charge in [-0.25, -0.2) is 5.43 Å². The molecule has 0 aliphatic heterocycles. The molecule has 5 heteroatoms. The van der Waals surface area contributed by atoms with Crippen molar-refractivity contribution in [2.75, 3.05) is 0 Å². The molecular formula is C16H18Cl2N2O. The van der Waals surface area contributed by atoms with Crippen molar-refractivity contribution < 1.29 is 4.79 Å². The summed E-state index contributed by atoms with van der Waals surface area (Å²) < 4.78 is 0. The van der Waals surface area contributed by atoms with Crippen molar-refractivity contribution in [1.29, 1.82) is 0 Å². The van der Waals surface area contributed by atoms with Crippen LogP contribution in [-0.2, 0) is 4.79 Å². The molecule has 1 N–H and O–H groups in total. The molecule has 3 rings (SSSR count). The molecule has 1 aromatic rings. The van der Waals surface area contributed by atoms with E-state index in [1.165, 1.54) is 19.3 Å². The monoisotopic (exact) mass is 324 g/mol. The summed E-state index contributed by atoms with van der Waals surface area (Å²) >= 11 is 11.9. The molecular weight excluding hydrogens is 307 g/mol. The predicted octanol–water partition coefficient (Wildman–Crippen LogP) is 4.27. The van der Waals surface area contributed by atoms with Gasteiger partial charge in [-0.15, -0.1) is 0 Å². The van der Waals surface area contributed by atoms with Gasteiger partial charge in [-0.05, 0) is 36.3 Å². The molecule has 112 valence electrons. The SMILES string of the molecule is C[C@]12CCCC[C@@H]1[C@@H]2C(=O)N/N=C\c1ccc(Cl)cc1Cl. The number of amides is 1. The summed E-state index contributed by atoms with van der Waals surface area (Å²) in [5.74, 6) is 0.698. The van der Waals surface area contributed by atoms with Crippen LogP contribution >= 0.6 is 23.2 Å². The third kappa shape index (κ3) is 2.82. The molecule has 0 radical (unpaired) electrons. The third-order valence-corrected chi connectivity index (χ3v) is 5.52. The fourth-order valence-electron chi connectivity index (χ4n) is 3.69. The van der Waals surface area contributed by atoms with Crippen molar-refractivity contribution in [2.24, 2.45) is 22.4 Å². The van der Waals surface area contributed by atoms with E-state index in [1.807, 2.05) is 0 Å². The zero-order chi connectivity index (χ0) is 15.0. The Balaban J connectivity index is 1.60. The van der Waals surface area contributed by atoms with Crippen molar-refractivity contribution in [3.63, 3.8) is 0 Å². The van der Waals surface area contributed by atoms with E-state index < -0.39 is 0 Å². The summed E-state index contributed by atoms with van der Waals surface area (Å²) in [6.07, 6.45) is 6.36. The summed E-state index contributed by atoms with van der Waals surface area (Å²) in [6, 6.07) is 5.18. The first-order valence-electron chi connectivity index (χ1n) is 7.30. The number of carbonyl (C=O) groups excluding carboxylic acids is 1. The van der Waals surface area contributed by atoms with Gasteiger partial charge in [0.25, 0.3) is 0 Å². The van der Waals surface area contributed by atoms with Crippen LogP contribution in [0.25, 0.3) is 0 Å². The van der Waals surface area contributed by atoms with Gasteiger partial charge in [-0.2, -0.15) is 5.10 Å². The van der Waals surface area contributed by atoms with E-state index in [0.717, 1.165) is 12.0 Å². The standard InChI is InChI=1S/C16H18Cl2N2O/c1-16-7-3-2-4-12(16)14(16)15(21)20-19-9-10-5-6-11(17)8-13(10)18/h5-6,8-9,12,14H,2-4,7H2,1H3,(H,20,21)/b19-9-/t12-,14-,16+/m1/s1. The fraction of sp³-hybridized carbons (Fsp3) is 0.500. The molecule has 1 amide bonds. The predicted molar refractivity (Wildman–Crippen MR) is 85.8 cm³/mol. The minimum absolute atomic E-state index is 0.0331. The number of nitrogens with one attached hydrogen (secondary N) is 1. The summed E-state index contributed by atoms with van der Waals surface area (Å²) in [5.41, 5.74) is 3.60.